The molecule has 1 aliphatic rings. The van der Waals surface area contributed by atoms with Gasteiger partial charge >= 0.3 is 0 Å². The maximum absolute atomic E-state index is 12.3. The third-order valence-corrected chi connectivity index (χ3v) is 5.25. The number of nitrogens with one attached hydrogen (secondary N) is 2. The third kappa shape index (κ3) is 5.42. The Morgan fingerprint density at radius 2 is 2.00 bits per heavy atom. The topological polar surface area (TPSA) is 115 Å². The van der Waals surface area contributed by atoms with Crippen LogP contribution in [0.2, 0.25) is 0 Å². The number of aromatic nitrogens is 4. The molecule has 0 radical (unpaired) electrons. The summed E-state index contributed by atoms with van der Waals surface area (Å²) in [6, 6.07) is 1.78. The van der Waals surface area contributed by atoms with Gasteiger partial charge in [-0.3, -0.25) is 9.59 Å². The molecule has 2 aromatic rings. The van der Waals surface area contributed by atoms with Gasteiger partial charge in [-0.25, -0.2) is 4.68 Å². The molecule has 1 saturated carbocycles. The van der Waals surface area contributed by atoms with Crippen molar-refractivity contribution < 1.29 is 14.1 Å². The SMILES string of the molecule is CCCn1nccc1NC(=O)CCc1nc(C2(NC(C)=O)CCCCCC2)no1. The second-order valence-corrected chi connectivity index (χ2v) is 7.68. The van der Waals surface area contributed by atoms with Crippen LogP contribution in [0.3, 0.4) is 0 Å². The predicted octanol–water partition coefficient (Wildman–Crippen LogP) is 2.93. The number of carbonyl (C=O) groups is 2. The number of rotatable bonds is 8. The summed E-state index contributed by atoms with van der Waals surface area (Å²) < 4.78 is 7.17. The number of hydrogen-bond acceptors (Lipinski definition) is 6. The highest BCUT2D eigenvalue weighted by Gasteiger charge is 2.38. The normalized spacial score (nSPS) is 16.2. The maximum Gasteiger partial charge on any atom is 0.227 e. The number of anilines is 1. The Balaban J connectivity index is 1.62. The van der Waals surface area contributed by atoms with Crippen molar-refractivity contribution in [2.24, 2.45) is 0 Å². The van der Waals surface area contributed by atoms with E-state index in [0.29, 0.717) is 24.0 Å². The van der Waals surface area contributed by atoms with Gasteiger partial charge in [0, 0.05) is 32.4 Å². The Hall–Kier alpha value is -2.71. The van der Waals surface area contributed by atoms with Crippen LogP contribution in [0.15, 0.2) is 16.8 Å². The van der Waals surface area contributed by atoms with Crippen LogP contribution >= 0.6 is 0 Å². The molecular weight excluding hydrogens is 372 g/mol. The maximum atomic E-state index is 12.3. The fraction of sp³-hybridized carbons (Fsp3) is 0.650. The zero-order valence-electron chi connectivity index (χ0n) is 17.2. The van der Waals surface area contributed by atoms with Crippen molar-refractivity contribution in [3.8, 4) is 0 Å². The van der Waals surface area contributed by atoms with E-state index in [2.05, 4.69) is 32.8 Å². The van der Waals surface area contributed by atoms with E-state index in [1.807, 2.05) is 0 Å². The molecule has 0 unspecified atom stereocenters. The predicted molar refractivity (Wildman–Crippen MR) is 107 cm³/mol. The van der Waals surface area contributed by atoms with Gasteiger partial charge in [0.15, 0.2) is 5.82 Å². The van der Waals surface area contributed by atoms with Gasteiger partial charge in [0.2, 0.25) is 17.7 Å². The first-order valence-corrected chi connectivity index (χ1v) is 10.5. The van der Waals surface area contributed by atoms with Gasteiger partial charge in [-0.1, -0.05) is 37.8 Å². The van der Waals surface area contributed by atoms with E-state index in [-0.39, 0.29) is 18.2 Å². The van der Waals surface area contributed by atoms with E-state index in [1.165, 1.54) is 6.92 Å². The number of aryl methyl sites for hydroxylation is 2. The number of hydrogen-bond donors (Lipinski definition) is 2. The van der Waals surface area contributed by atoms with Crippen LogP contribution in [0.1, 0.15) is 76.9 Å². The van der Waals surface area contributed by atoms with Gasteiger partial charge in [0.05, 0.1) is 6.20 Å². The summed E-state index contributed by atoms with van der Waals surface area (Å²) in [6.45, 7) is 4.32. The average Bonchev–Trinajstić information content (AvgIpc) is 3.26. The van der Waals surface area contributed by atoms with E-state index in [4.69, 9.17) is 4.52 Å². The Kier molecular flexibility index (Phi) is 7.00. The summed E-state index contributed by atoms with van der Waals surface area (Å²) in [5, 5.41) is 14.3. The van der Waals surface area contributed by atoms with Gasteiger partial charge in [-0.15, -0.1) is 0 Å². The number of nitrogens with zero attached hydrogens (tertiary/aromatic N) is 4. The van der Waals surface area contributed by atoms with Gasteiger partial charge in [0.1, 0.15) is 11.4 Å². The molecule has 2 N–H and O–H groups in total. The van der Waals surface area contributed by atoms with E-state index >= 15 is 0 Å². The van der Waals surface area contributed by atoms with E-state index in [0.717, 1.165) is 51.5 Å². The first-order chi connectivity index (χ1) is 14.0. The second-order valence-electron chi connectivity index (χ2n) is 7.68. The minimum absolute atomic E-state index is 0.0960. The molecule has 2 aromatic heterocycles. The molecule has 3 rings (SSSR count). The fourth-order valence-electron chi connectivity index (χ4n) is 3.88. The summed E-state index contributed by atoms with van der Waals surface area (Å²) >= 11 is 0. The summed E-state index contributed by atoms with van der Waals surface area (Å²) in [5.41, 5.74) is -0.570. The van der Waals surface area contributed by atoms with Gasteiger partial charge in [0.25, 0.3) is 0 Å². The summed E-state index contributed by atoms with van der Waals surface area (Å²) in [5.74, 6) is 1.39. The number of carbonyl (C=O) groups excluding carboxylic acids is 2. The molecule has 158 valence electrons. The Morgan fingerprint density at radius 3 is 2.69 bits per heavy atom. The van der Waals surface area contributed by atoms with E-state index in [1.54, 1.807) is 16.9 Å². The first-order valence-electron chi connectivity index (χ1n) is 10.5. The molecule has 0 aliphatic heterocycles. The van der Waals surface area contributed by atoms with E-state index < -0.39 is 5.54 Å². The average molecular weight is 402 g/mol. The highest BCUT2D eigenvalue weighted by Crippen LogP contribution is 2.34. The summed E-state index contributed by atoms with van der Waals surface area (Å²) in [7, 11) is 0. The zero-order chi connectivity index (χ0) is 20.7. The molecule has 0 aromatic carbocycles. The van der Waals surface area contributed by atoms with Crippen molar-refractivity contribution in [1.82, 2.24) is 25.2 Å². The molecule has 29 heavy (non-hydrogen) atoms. The second kappa shape index (κ2) is 9.67. The highest BCUT2D eigenvalue weighted by molar-refractivity contribution is 5.89. The third-order valence-electron chi connectivity index (χ3n) is 5.25. The van der Waals surface area contributed by atoms with Crippen molar-refractivity contribution in [2.45, 2.75) is 83.7 Å². The molecule has 1 fully saturated rings. The first kappa shape index (κ1) is 21.0. The zero-order valence-corrected chi connectivity index (χ0v) is 17.2. The lowest BCUT2D eigenvalue weighted by Gasteiger charge is -2.30. The molecule has 9 nitrogen and oxygen atoms in total. The lowest BCUT2D eigenvalue weighted by Crippen LogP contribution is -2.45. The largest absolute Gasteiger partial charge is 0.343 e. The smallest absolute Gasteiger partial charge is 0.227 e. The summed E-state index contributed by atoms with van der Waals surface area (Å²) in [6.07, 6.45) is 9.08. The lowest BCUT2D eigenvalue weighted by molar-refractivity contribution is -0.121. The van der Waals surface area contributed by atoms with Crippen molar-refractivity contribution in [3.63, 3.8) is 0 Å². The van der Waals surface area contributed by atoms with Crippen molar-refractivity contribution >= 4 is 17.6 Å². The molecule has 2 heterocycles. The van der Waals surface area contributed by atoms with Crippen LogP contribution in [0.25, 0.3) is 0 Å². The summed E-state index contributed by atoms with van der Waals surface area (Å²) in [4.78, 5) is 28.6. The van der Waals surface area contributed by atoms with Crippen molar-refractivity contribution in [2.75, 3.05) is 5.32 Å². The van der Waals surface area contributed by atoms with Gasteiger partial charge in [-0.2, -0.15) is 10.1 Å². The van der Waals surface area contributed by atoms with E-state index in [9.17, 15) is 9.59 Å². The minimum atomic E-state index is -0.570. The highest BCUT2D eigenvalue weighted by atomic mass is 16.5. The van der Waals surface area contributed by atoms with Crippen molar-refractivity contribution in [3.05, 3.63) is 24.0 Å². The fourth-order valence-corrected chi connectivity index (χ4v) is 3.88. The van der Waals surface area contributed by atoms with Crippen LogP contribution in [0, 0.1) is 0 Å². The molecule has 9 heteroatoms. The van der Waals surface area contributed by atoms with Crippen LogP contribution in [-0.4, -0.2) is 31.7 Å². The quantitative estimate of drug-likeness (QED) is 0.656. The van der Waals surface area contributed by atoms with Crippen LogP contribution in [0.4, 0.5) is 5.82 Å². The lowest BCUT2D eigenvalue weighted by atomic mass is 9.89. The standard InChI is InChI=1S/C20H30N6O3/c1-3-14-26-16(10-13-21-26)22-17(28)8-9-18-23-19(25-29-18)20(24-15(2)27)11-6-4-5-7-12-20/h10,13H,3-9,11-12,14H2,1-2H3,(H,22,28)(H,24,27). The molecule has 1 aliphatic carbocycles. The Morgan fingerprint density at radius 1 is 1.24 bits per heavy atom. The molecule has 2 amide bonds. The van der Waals surface area contributed by atoms with Crippen molar-refractivity contribution in [1.29, 1.82) is 0 Å². The van der Waals surface area contributed by atoms with Crippen LogP contribution in [-0.2, 0) is 28.1 Å². The van der Waals surface area contributed by atoms with Gasteiger partial charge < -0.3 is 15.2 Å². The molecular formula is C20H30N6O3. The van der Waals surface area contributed by atoms with Gasteiger partial charge in [-0.05, 0) is 19.3 Å². The number of amides is 2. The molecule has 0 saturated heterocycles. The Bertz CT molecular complexity index is 820. The Labute approximate surface area is 170 Å². The molecule has 0 bridgehead atoms. The monoisotopic (exact) mass is 402 g/mol. The molecule has 0 atom stereocenters. The molecule has 0 spiro atoms. The minimum Gasteiger partial charge on any atom is -0.343 e. The van der Waals surface area contributed by atoms with Crippen LogP contribution in [0.5, 0.6) is 0 Å². The van der Waals surface area contributed by atoms with Crippen LogP contribution < -0.4 is 10.6 Å².